The average Bonchev–Trinajstić information content (AvgIpc) is 2.45. The van der Waals surface area contributed by atoms with Crippen LogP contribution in [0.5, 0.6) is 0 Å². The van der Waals surface area contributed by atoms with Gasteiger partial charge in [-0.3, -0.25) is 9.69 Å². The van der Waals surface area contributed by atoms with E-state index in [1.165, 1.54) is 32.1 Å². The second kappa shape index (κ2) is 9.13. The number of hydrogen-bond acceptors (Lipinski definition) is 3. The first-order valence-electron chi connectivity index (χ1n) is 7.64. The highest BCUT2D eigenvalue weighted by Crippen LogP contribution is 2.21. The van der Waals surface area contributed by atoms with Crippen LogP contribution < -0.4 is 5.43 Å². The zero-order chi connectivity index (χ0) is 15.8. The van der Waals surface area contributed by atoms with Gasteiger partial charge in [-0.05, 0) is 43.6 Å². The summed E-state index contributed by atoms with van der Waals surface area (Å²) in [5.74, 6) is -0.0862. The molecule has 2 rings (SSSR count). The van der Waals surface area contributed by atoms with Crippen molar-refractivity contribution in [2.24, 2.45) is 5.10 Å². The molecular formula is C16H21Cl2N3O. The quantitative estimate of drug-likeness (QED) is 0.670. The van der Waals surface area contributed by atoms with Crippen molar-refractivity contribution < 1.29 is 4.79 Å². The van der Waals surface area contributed by atoms with Crippen LogP contribution >= 0.6 is 23.2 Å². The first-order chi connectivity index (χ1) is 10.6. The smallest absolute Gasteiger partial charge is 0.254 e. The molecule has 1 aliphatic rings. The Hall–Kier alpha value is -1.10. The summed E-state index contributed by atoms with van der Waals surface area (Å²) >= 11 is 11.8. The Morgan fingerprint density at radius 1 is 1.14 bits per heavy atom. The largest absolute Gasteiger partial charge is 0.294 e. The number of rotatable bonds is 4. The monoisotopic (exact) mass is 341 g/mol. The molecule has 0 bridgehead atoms. The molecule has 0 aliphatic carbocycles. The SMILES string of the molecule is O=C(CN1CCCCCCC1)NN=Cc1ccc(Cl)c(Cl)c1. The molecule has 1 amide bonds. The number of amides is 1. The Kier molecular flexibility index (Phi) is 7.16. The number of nitrogens with one attached hydrogen (secondary N) is 1. The summed E-state index contributed by atoms with van der Waals surface area (Å²) in [5, 5.41) is 4.94. The lowest BCUT2D eigenvalue weighted by molar-refractivity contribution is -0.122. The Labute approximate surface area is 141 Å². The zero-order valence-corrected chi connectivity index (χ0v) is 14.0. The predicted octanol–water partition coefficient (Wildman–Crippen LogP) is 3.71. The van der Waals surface area contributed by atoms with Gasteiger partial charge in [-0.15, -0.1) is 0 Å². The molecule has 1 fully saturated rings. The normalized spacial score (nSPS) is 17.2. The summed E-state index contributed by atoms with van der Waals surface area (Å²) in [6, 6.07) is 5.20. The van der Waals surface area contributed by atoms with Crippen LogP contribution in [0.3, 0.4) is 0 Å². The molecule has 6 heteroatoms. The minimum Gasteiger partial charge on any atom is -0.294 e. The maximum atomic E-state index is 11.9. The zero-order valence-electron chi connectivity index (χ0n) is 12.5. The van der Waals surface area contributed by atoms with Crippen molar-refractivity contribution >= 4 is 35.3 Å². The summed E-state index contributed by atoms with van der Waals surface area (Å²) in [5.41, 5.74) is 3.35. The van der Waals surface area contributed by atoms with Gasteiger partial charge in [0.25, 0.3) is 5.91 Å². The van der Waals surface area contributed by atoms with Gasteiger partial charge in [0.05, 0.1) is 22.8 Å². The van der Waals surface area contributed by atoms with Gasteiger partial charge in [0.1, 0.15) is 0 Å². The number of nitrogens with zero attached hydrogens (tertiary/aromatic N) is 2. The van der Waals surface area contributed by atoms with Gasteiger partial charge in [-0.1, -0.05) is 48.5 Å². The molecule has 22 heavy (non-hydrogen) atoms. The number of hydrazone groups is 1. The molecule has 1 aromatic carbocycles. The molecular weight excluding hydrogens is 321 g/mol. The van der Waals surface area contributed by atoms with Gasteiger partial charge in [0.15, 0.2) is 0 Å². The predicted molar refractivity (Wildman–Crippen MR) is 91.7 cm³/mol. The highest BCUT2D eigenvalue weighted by atomic mass is 35.5. The highest BCUT2D eigenvalue weighted by molar-refractivity contribution is 6.42. The lowest BCUT2D eigenvalue weighted by Gasteiger charge is -2.23. The van der Waals surface area contributed by atoms with Crippen molar-refractivity contribution in [3.63, 3.8) is 0 Å². The summed E-state index contributed by atoms with van der Waals surface area (Å²) < 4.78 is 0. The van der Waals surface area contributed by atoms with Crippen LogP contribution in [0.15, 0.2) is 23.3 Å². The van der Waals surface area contributed by atoms with Crippen LogP contribution in [-0.4, -0.2) is 36.7 Å². The molecule has 0 radical (unpaired) electrons. The molecule has 0 aromatic heterocycles. The first-order valence-corrected chi connectivity index (χ1v) is 8.40. The first kappa shape index (κ1) is 17.3. The molecule has 1 heterocycles. The third-order valence-electron chi connectivity index (χ3n) is 3.66. The van der Waals surface area contributed by atoms with Crippen LogP contribution in [0, 0.1) is 0 Å². The third-order valence-corrected chi connectivity index (χ3v) is 4.40. The standard InChI is InChI=1S/C16H21Cl2N3O/c17-14-7-6-13(10-15(14)18)11-19-20-16(22)12-21-8-4-2-1-3-5-9-21/h6-7,10-11H,1-5,8-9,12H2,(H,20,22). The topological polar surface area (TPSA) is 44.7 Å². The summed E-state index contributed by atoms with van der Waals surface area (Å²) in [4.78, 5) is 14.1. The molecule has 1 saturated heterocycles. The Morgan fingerprint density at radius 3 is 2.50 bits per heavy atom. The Morgan fingerprint density at radius 2 is 1.82 bits per heavy atom. The number of carbonyl (C=O) groups excluding carboxylic acids is 1. The molecule has 1 aliphatic heterocycles. The fourth-order valence-electron chi connectivity index (χ4n) is 2.48. The second-order valence-electron chi connectivity index (χ2n) is 5.51. The van der Waals surface area contributed by atoms with E-state index >= 15 is 0 Å². The molecule has 0 unspecified atom stereocenters. The summed E-state index contributed by atoms with van der Waals surface area (Å²) in [6.07, 6.45) is 7.72. The van der Waals surface area contributed by atoms with E-state index in [0.717, 1.165) is 18.7 Å². The van der Waals surface area contributed by atoms with Gasteiger partial charge in [0.2, 0.25) is 0 Å². The molecule has 0 spiro atoms. The lowest BCUT2D eigenvalue weighted by atomic mass is 10.1. The van der Waals surface area contributed by atoms with E-state index in [0.29, 0.717) is 16.6 Å². The Bertz CT molecular complexity index is 526. The number of benzene rings is 1. The van der Waals surface area contributed by atoms with E-state index in [1.807, 2.05) is 0 Å². The van der Waals surface area contributed by atoms with Crippen molar-refractivity contribution in [3.05, 3.63) is 33.8 Å². The van der Waals surface area contributed by atoms with Gasteiger partial charge < -0.3 is 0 Å². The summed E-state index contributed by atoms with van der Waals surface area (Å²) in [6.45, 7) is 2.38. The number of halogens is 2. The molecule has 0 saturated carbocycles. The molecule has 120 valence electrons. The van der Waals surface area contributed by atoms with E-state index < -0.39 is 0 Å². The number of carbonyl (C=O) groups is 1. The minimum absolute atomic E-state index is 0.0862. The van der Waals surface area contributed by atoms with Crippen LogP contribution in [0.25, 0.3) is 0 Å². The van der Waals surface area contributed by atoms with Crippen LogP contribution in [0.1, 0.15) is 37.7 Å². The fourth-order valence-corrected chi connectivity index (χ4v) is 2.79. The van der Waals surface area contributed by atoms with Crippen LogP contribution in [0.2, 0.25) is 10.0 Å². The second-order valence-corrected chi connectivity index (χ2v) is 6.33. The van der Waals surface area contributed by atoms with Gasteiger partial charge >= 0.3 is 0 Å². The van der Waals surface area contributed by atoms with E-state index in [9.17, 15) is 4.79 Å². The summed E-state index contributed by atoms with van der Waals surface area (Å²) in [7, 11) is 0. The number of likely N-dealkylation sites (tertiary alicyclic amines) is 1. The van der Waals surface area contributed by atoms with Gasteiger partial charge in [-0.2, -0.15) is 5.10 Å². The minimum atomic E-state index is -0.0862. The molecule has 1 N–H and O–H groups in total. The van der Waals surface area contributed by atoms with Gasteiger partial charge in [-0.25, -0.2) is 5.43 Å². The van der Waals surface area contributed by atoms with E-state index in [4.69, 9.17) is 23.2 Å². The van der Waals surface area contributed by atoms with Crippen LogP contribution in [0.4, 0.5) is 0 Å². The molecule has 4 nitrogen and oxygen atoms in total. The average molecular weight is 342 g/mol. The molecule has 0 atom stereocenters. The maximum absolute atomic E-state index is 11.9. The third kappa shape index (κ3) is 5.95. The molecule has 1 aromatic rings. The fraction of sp³-hybridized carbons (Fsp3) is 0.500. The lowest BCUT2D eigenvalue weighted by Crippen LogP contribution is -2.37. The van der Waals surface area contributed by atoms with Crippen molar-refractivity contribution in [1.29, 1.82) is 0 Å². The highest BCUT2D eigenvalue weighted by Gasteiger charge is 2.11. The van der Waals surface area contributed by atoms with E-state index in [1.54, 1.807) is 24.4 Å². The van der Waals surface area contributed by atoms with Crippen molar-refractivity contribution in [3.8, 4) is 0 Å². The van der Waals surface area contributed by atoms with E-state index in [-0.39, 0.29) is 5.91 Å². The van der Waals surface area contributed by atoms with Gasteiger partial charge in [0, 0.05) is 0 Å². The van der Waals surface area contributed by atoms with Crippen molar-refractivity contribution in [1.82, 2.24) is 10.3 Å². The van der Waals surface area contributed by atoms with Crippen molar-refractivity contribution in [2.45, 2.75) is 32.1 Å². The van der Waals surface area contributed by atoms with E-state index in [2.05, 4.69) is 15.4 Å². The maximum Gasteiger partial charge on any atom is 0.254 e. The van der Waals surface area contributed by atoms with Crippen LogP contribution in [-0.2, 0) is 4.79 Å². The number of hydrogen-bond donors (Lipinski definition) is 1. The Balaban J connectivity index is 1.78. The van der Waals surface area contributed by atoms with Crippen molar-refractivity contribution in [2.75, 3.05) is 19.6 Å².